The molecule has 1 amide bonds. The van der Waals surface area contributed by atoms with Gasteiger partial charge >= 0.3 is 0 Å². The van der Waals surface area contributed by atoms with Crippen molar-refractivity contribution in [1.82, 2.24) is 20.0 Å². The van der Waals surface area contributed by atoms with Crippen molar-refractivity contribution in [1.29, 1.82) is 0 Å². The first-order valence-electron chi connectivity index (χ1n) is 12.5. The van der Waals surface area contributed by atoms with Gasteiger partial charge in [0.2, 0.25) is 5.91 Å². The van der Waals surface area contributed by atoms with Crippen LogP contribution in [0.3, 0.4) is 0 Å². The number of benzene rings is 2. The molecule has 3 aromatic rings. The van der Waals surface area contributed by atoms with Gasteiger partial charge in [0.25, 0.3) is 0 Å². The third-order valence-corrected chi connectivity index (χ3v) is 6.84. The van der Waals surface area contributed by atoms with Crippen LogP contribution in [0, 0.1) is 0 Å². The van der Waals surface area contributed by atoms with Crippen molar-refractivity contribution in [2.24, 2.45) is 5.73 Å². The Labute approximate surface area is 208 Å². The van der Waals surface area contributed by atoms with E-state index in [9.17, 15) is 4.79 Å². The van der Waals surface area contributed by atoms with Crippen molar-refractivity contribution in [2.75, 3.05) is 32.1 Å². The molecule has 0 radical (unpaired) electrons. The Morgan fingerprint density at radius 3 is 2.63 bits per heavy atom. The maximum absolute atomic E-state index is 13.8. The van der Waals surface area contributed by atoms with E-state index in [1.165, 1.54) is 11.1 Å². The molecular formula is C28H38N6O. The Balaban J connectivity index is 1.66. The Hall–Kier alpha value is -3.16. The van der Waals surface area contributed by atoms with E-state index in [0.717, 1.165) is 30.0 Å². The van der Waals surface area contributed by atoms with E-state index >= 15 is 0 Å². The van der Waals surface area contributed by atoms with Crippen LogP contribution in [0.2, 0.25) is 0 Å². The molecule has 35 heavy (non-hydrogen) atoms. The number of carbonyl (C=O) groups is 1. The van der Waals surface area contributed by atoms with Crippen LogP contribution in [-0.2, 0) is 17.9 Å². The average molecular weight is 475 g/mol. The summed E-state index contributed by atoms with van der Waals surface area (Å²) in [4.78, 5) is 18.0. The van der Waals surface area contributed by atoms with Crippen molar-refractivity contribution in [3.05, 3.63) is 83.0 Å². The second kappa shape index (κ2) is 11.1. The first-order chi connectivity index (χ1) is 16.9. The minimum absolute atomic E-state index is 0.0743. The SMILES string of the molecule is CC(C)n1ncc2c1N(C)C(c1cccc(CNCCN)c1)CC2C(=O)N(C)Cc1ccccc1. The number of fused-ring (bicyclic) bond motifs is 1. The van der Waals surface area contributed by atoms with Crippen molar-refractivity contribution in [3.8, 4) is 0 Å². The molecule has 0 saturated heterocycles. The fourth-order valence-electron chi connectivity index (χ4n) is 5.05. The van der Waals surface area contributed by atoms with Gasteiger partial charge < -0.3 is 20.9 Å². The van der Waals surface area contributed by atoms with Gasteiger partial charge in [0.15, 0.2) is 0 Å². The molecule has 7 heteroatoms. The summed E-state index contributed by atoms with van der Waals surface area (Å²) >= 11 is 0. The van der Waals surface area contributed by atoms with Crippen LogP contribution < -0.4 is 16.0 Å². The van der Waals surface area contributed by atoms with E-state index in [0.29, 0.717) is 19.5 Å². The number of aromatic nitrogens is 2. The van der Waals surface area contributed by atoms with Gasteiger partial charge in [-0.15, -0.1) is 0 Å². The molecule has 1 aliphatic rings. The van der Waals surface area contributed by atoms with Crippen LogP contribution in [0.25, 0.3) is 0 Å². The normalized spacial score (nSPS) is 17.5. The number of nitrogens with two attached hydrogens (primary N) is 1. The van der Waals surface area contributed by atoms with Crippen LogP contribution in [0.1, 0.15) is 60.5 Å². The summed E-state index contributed by atoms with van der Waals surface area (Å²) in [6, 6.07) is 19.1. The van der Waals surface area contributed by atoms with Crippen molar-refractivity contribution < 1.29 is 4.79 Å². The minimum atomic E-state index is -0.244. The zero-order chi connectivity index (χ0) is 24.9. The van der Waals surface area contributed by atoms with E-state index in [-0.39, 0.29) is 23.9 Å². The monoisotopic (exact) mass is 474 g/mol. The lowest BCUT2D eigenvalue weighted by Gasteiger charge is -2.40. The molecule has 0 spiro atoms. The van der Waals surface area contributed by atoms with Gasteiger partial charge in [-0.3, -0.25) is 4.79 Å². The number of hydrogen-bond acceptors (Lipinski definition) is 5. The van der Waals surface area contributed by atoms with Crippen molar-refractivity contribution in [3.63, 3.8) is 0 Å². The number of amides is 1. The van der Waals surface area contributed by atoms with E-state index in [2.05, 4.69) is 67.5 Å². The minimum Gasteiger partial charge on any atom is -0.353 e. The highest BCUT2D eigenvalue weighted by Crippen LogP contribution is 2.45. The summed E-state index contributed by atoms with van der Waals surface area (Å²) in [5.74, 6) is 0.929. The van der Waals surface area contributed by atoms with Gasteiger partial charge in [-0.2, -0.15) is 5.10 Å². The largest absolute Gasteiger partial charge is 0.353 e. The molecule has 2 heterocycles. The lowest BCUT2D eigenvalue weighted by atomic mass is 9.84. The van der Waals surface area contributed by atoms with Gasteiger partial charge in [0.1, 0.15) is 5.82 Å². The second-order valence-electron chi connectivity index (χ2n) is 9.77. The molecule has 4 rings (SSSR count). The van der Waals surface area contributed by atoms with Crippen LogP contribution in [0.5, 0.6) is 0 Å². The summed E-state index contributed by atoms with van der Waals surface area (Å²) in [5.41, 5.74) is 10.2. The highest BCUT2D eigenvalue weighted by atomic mass is 16.2. The summed E-state index contributed by atoms with van der Waals surface area (Å²) < 4.78 is 2.05. The van der Waals surface area contributed by atoms with Crippen LogP contribution >= 0.6 is 0 Å². The molecule has 0 fully saturated rings. The number of likely N-dealkylation sites (N-methyl/N-ethyl adjacent to an activating group) is 1. The molecule has 0 aliphatic carbocycles. The zero-order valence-corrected chi connectivity index (χ0v) is 21.3. The maximum atomic E-state index is 13.8. The molecule has 2 atom stereocenters. The molecule has 1 aliphatic heterocycles. The molecule has 186 valence electrons. The number of anilines is 1. The molecule has 2 aromatic carbocycles. The summed E-state index contributed by atoms with van der Waals surface area (Å²) in [7, 11) is 4.02. The van der Waals surface area contributed by atoms with Crippen molar-refractivity contribution >= 4 is 11.7 Å². The molecule has 0 saturated carbocycles. The van der Waals surface area contributed by atoms with E-state index in [1.807, 2.05) is 41.0 Å². The Kier molecular flexibility index (Phi) is 7.88. The topological polar surface area (TPSA) is 79.4 Å². The van der Waals surface area contributed by atoms with Gasteiger partial charge in [-0.05, 0) is 37.0 Å². The summed E-state index contributed by atoms with van der Waals surface area (Å²) in [5, 5.41) is 8.08. The number of nitrogens with zero attached hydrogens (tertiary/aromatic N) is 4. The molecule has 7 nitrogen and oxygen atoms in total. The summed E-state index contributed by atoms with van der Waals surface area (Å²) in [6.07, 6.45) is 2.61. The van der Waals surface area contributed by atoms with E-state index < -0.39 is 0 Å². The van der Waals surface area contributed by atoms with Crippen LogP contribution in [0.15, 0.2) is 60.8 Å². The standard InChI is InChI=1S/C28H38N6O/c1-20(2)34-27-25(18-31-34)24(28(35)32(3)19-21-9-6-5-7-10-21)16-26(33(27)4)23-12-8-11-22(15-23)17-30-14-13-29/h5-12,15,18,20,24,26,30H,13-14,16-17,19,29H2,1-4H3. The van der Waals surface area contributed by atoms with Gasteiger partial charge in [0, 0.05) is 51.9 Å². The Morgan fingerprint density at radius 1 is 1.17 bits per heavy atom. The molecule has 3 N–H and O–H groups in total. The Bertz CT molecular complexity index is 1130. The molecule has 0 bridgehead atoms. The quantitative estimate of drug-likeness (QED) is 0.461. The molecule has 2 unspecified atom stereocenters. The maximum Gasteiger partial charge on any atom is 0.230 e. The predicted octanol–water partition coefficient (Wildman–Crippen LogP) is 3.84. The van der Waals surface area contributed by atoms with Crippen LogP contribution in [-0.4, -0.2) is 47.8 Å². The fourth-order valence-corrected chi connectivity index (χ4v) is 5.05. The van der Waals surface area contributed by atoms with E-state index in [1.54, 1.807) is 0 Å². The second-order valence-corrected chi connectivity index (χ2v) is 9.77. The third kappa shape index (κ3) is 5.41. The summed E-state index contributed by atoms with van der Waals surface area (Å²) in [6.45, 7) is 7.03. The Morgan fingerprint density at radius 2 is 1.91 bits per heavy atom. The predicted molar refractivity (Wildman–Crippen MR) is 141 cm³/mol. The third-order valence-electron chi connectivity index (χ3n) is 6.84. The number of carbonyl (C=O) groups excluding carboxylic acids is 1. The number of rotatable bonds is 9. The first kappa shape index (κ1) is 24.9. The van der Waals surface area contributed by atoms with Crippen molar-refractivity contribution in [2.45, 2.75) is 51.4 Å². The first-order valence-corrected chi connectivity index (χ1v) is 12.5. The highest BCUT2D eigenvalue weighted by Gasteiger charge is 2.39. The molecule has 1 aromatic heterocycles. The van der Waals surface area contributed by atoms with E-state index in [4.69, 9.17) is 10.8 Å². The van der Waals surface area contributed by atoms with Gasteiger partial charge in [-0.1, -0.05) is 54.6 Å². The lowest BCUT2D eigenvalue weighted by Crippen LogP contribution is -2.39. The number of hydrogen-bond donors (Lipinski definition) is 2. The fraction of sp³-hybridized carbons (Fsp3) is 0.429. The zero-order valence-electron chi connectivity index (χ0n) is 21.3. The van der Waals surface area contributed by atoms with Gasteiger partial charge in [0.05, 0.1) is 18.2 Å². The van der Waals surface area contributed by atoms with Gasteiger partial charge in [-0.25, -0.2) is 4.68 Å². The lowest BCUT2D eigenvalue weighted by molar-refractivity contribution is -0.132. The smallest absolute Gasteiger partial charge is 0.230 e. The molecular weight excluding hydrogens is 436 g/mol. The average Bonchev–Trinajstić information content (AvgIpc) is 3.31. The van der Waals surface area contributed by atoms with Crippen LogP contribution in [0.4, 0.5) is 5.82 Å². The number of nitrogens with one attached hydrogen (secondary N) is 1. The highest BCUT2D eigenvalue weighted by molar-refractivity contribution is 5.86.